The van der Waals surface area contributed by atoms with Crippen molar-refractivity contribution in [2.75, 3.05) is 15.5 Å². The largest absolute Gasteiger partial charge is 0.350 e. The second kappa shape index (κ2) is 9.33. The number of carbonyl (C=O) groups is 3. The molecule has 0 bridgehead atoms. The van der Waals surface area contributed by atoms with E-state index in [-0.39, 0.29) is 16.6 Å². The third-order valence-electron chi connectivity index (χ3n) is 5.67. The van der Waals surface area contributed by atoms with E-state index in [9.17, 15) is 14.4 Å². The van der Waals surface area contributed by atoms with Gasteiger partial charge in [0.05, 0.1) is 5.69 Å². The van der Waals surface area contributed by atoms with Gasteiger partial charge < -0.3 is 10.6 Å². The Morgan fingerprint density at radius 3 is 2.29 bits per heavy atom. The standard InChI is InChI=1S/C26H21Cl2N3O3/c1-14-10-11-19(12-15(14)2)30-24(32)17-6-4-7-18(13-17)29-23-22(28)25(33)31(26(23)34)21-9-5-8-20(27)16(21)3/h4-13,29H,1-3H3,(H,30,32). The second-order valence-electron chi connectivity index (χ2n) is 7.98. The number of hydrogen-bond acceptors (Lipinski definition) is 4. The zero-order valence-electron chi connectivity index (χ0n) is 18.7. The second-order valence-corrected chi connectivity index (χ2v) is 8.76. The van der Waals surface area contributed by atoms with E-state index in [4.69, 9.17) is 23.2 Å². The van der Waals surface area contributed by atoms with Crippen molar-refractivity contribution in [1.29, 1.82) is 0 Å². The molecule has 1 aliphatic heterocycles. The summed E-state index contributed by atoms with van der Waals surface area (Å²) in [6.07, 6.45) is 0. The van der Waals surface area contributed by atoms with Crippen LogP contribution in [0, 0.1) is 20.8 Å². The zero-order valence-corrected chi connectivity index (χ0v) is 20.2. The number of imide groups is 1. The van der Waals surface area contributed by atoms with E-state index in [1.165, 1.54) is 0 Å². The van der Waals surface area contributed by atoms with Gasteiger partial charge in [0, 0.05) is 22.0 Å². The minimum atomic E-state index is -0.650. The molecular formula is C26H21Cl2N3O3. The topological polar surface area (TPSA) is 78.5 Å². The number of halogens is 2. The van der Waals surface area contributed by atoms with Crippen LogP contribution in [0.4, 0.5) is 17.1 Å². The summed E-state index contributed by atoms with van der Waals surface area (Å²) in [5.74, 6) is -1.56. The summed E-state index contributed by atoms with van der Waals surface area (Å²) >= 11 is 12.4. The van der Waals surface area contributed by atoms with E-state index < -0.39 is 11.8 Å². The molecular weight excluding hydrogens is 473 g/mol. The predicted molar refractivity (Wildman–Crippen MR) is 135 cm³/mol. The molecule has 0 atom stereocenters. The van der Waals surface area contributed by atoms with E-state index in [1.54, 1.807) is 49.4 Å². The number of anilines is 3. The van der Waals surface area contributed by atoms with Crippen molar-refractivity contribution in [2.45, 2.75) is 20.8 Å². The number of nitrogens with one attached hydrogen (secondary N) is 2. The van der Waals surface area contributed by atoms with Gasteiger partial charge in [0.1, 0.15) is 10.7 Å². The molecule has 0 radical (unpaired) electrons. The summed E-state index contributed by atoms with van der Waals surface area (Å²) in [7, 11) is 0. The molecule has 4 rings (SSSR count). The van der Waals surface area contributed by atoms with Crippen molar-refractivity contribution in [3.05, 3.63) is 98.7 Å². The fraction of sp³-hybridized carbons (Fsp3) is 0.115. The van der Waals surface area contributed by atoms with Crippen LogP contribution in [0.25, 0.3) is 0 Å². The first-order chi connectivity index (χ1) is 16.2. The number of rotatable bonds is 5. The van der Waals surface area contributed by atoms with Crippen LogP contribution in [0.15, 0.2) is 71.4 Å². The highest BCUT2D eigenvalue weighted by molar-refractivity contribution is 6.53. The molecule has 0 aliphatic carbocycles. The van der Waals surface area contributed by atoms with E-state index in [0.717, 1.165) is 16.0 Å². The average Bonchev–Trinajstić information content (AvgIpc) is 3.01. The molecule has 0 saturated heterocycles. The Balaban J connectivity index is 1.56. The lowest BCUT2D eigenvalue weighted by molar-refractivity contribution is -0.120. The van der Waals surface area contributed by atoms with Gasteiger partial charge in [-0.1, -0.05) is 41.4 Å². The van der Waals surface area contributed by atoms with Gasteiger partial charge in [-0.15, -0.1) is 0 Å². The van der Waals surface area contributed by atoms with Gasteiger partial charge >= 0.3 is 0 Å². The van der Waals surface area contributed by atoms with Gasteiger partial charge in [0.25, 0.3) is 17.7 Å². The number of amides is 3. The third kappa shape index (κ3) is 4.42. The summed E-state index contributed by atoms with van der Waals surface area (Å²) in [5.41, 5.74) is 4.57. The SMILES string of the molecule is Cc1ccc(NC(=O)c2cccc(NC3=C(Cl)C(=O)N(c4cccc(Cl)c4C)C3=O)c2)cc1C. The first-order valence-corrected chi connectivity index (χ1v) is 11.2. The van der Waals surface area contributed by atoms with Gasteiger partial charge in [0.2, 0.25) is 0 Å². The monoisotopic (exact) mass is 493 g/mol. The molecule has 172 valence electrons. The molecule has 0 aromatic heterocycles. The normalized spacial score (nSPS) is 13.5. The quantitative estimate of drug-likeness (QED) is 0.430. The van der Waals surface area contributed by atoms with E-state index in [0.29, 0.717) is 33.2 Å². The number of aryl methyl sites for hydroxylation is 2. The predicted octanol–water partition coefficient (Wildman–Crippen LogP) is 5.95. The van der Waals surface area contributed by atoms with Crippen LogP contribution in [0.5, 0.6) is 0 Å². The number of nitrogens with zero attached hydrogens (tertiary/aromatic N) is 1. The van der Waals surface area contributed by atoms with Gasteiger partial charge in [0.15, 0.2) is 0 Å². The Labute approximate surface area is 207 Å². The molecule has 3 aromatic rings. The van der Waals surface area contributed by atoms with E-state index >= 15 is 0 Å². The molecule has 1 aliphatic rings. The van der Waals surface area contributed by atoms with Crippen molar-refractivity contribution < 1.29 is 14.4 Å². The smallest absolute Gasteiger partial charge is 0.283 e. The molecule has 8 heteroatoms. The van der Waals surface area contributed by atoms with Crippen molar-refractivity contribution in [3.63, 3.8) is 0 Å². The molecule has 1 heterocycles. The van der Waals surface area contributed by atoms with Crippen LogP contribution in [0.3, 0.4) is 0 Å². The van der Waals surface area contributed by atoms with Crippen LogP contribution < -0.4 is 15.5 Å². The highest BCUT2D eigenvalue weighted by Gasteiger charge is 2.39. The van der Waals surface area contributed by atoms with Gasteiger partial charge in [-0.05, 0) is 79.9 Å². The molecule has 0 saturated carbocycles. The Bertz CT molecular complexity index is 1380. The molecule has 6 nitrogen and oxygen atoms in total. The summed E-state index contributed by atoms with van der Waals surface area (Å²) in [6, 6.07) is 17.2. The Hall–Kier alpha value is -3.61. The summed E-state index contributed by atoms with van der Waals surface area (Å²) in [4.78, 5) is 39.6. The van der Waals surface area contributed by atoms with Crippen molar-refractivity contribution in [3.8, 4) is 0 Å². The number of hydrogen-bond donors (Lipinski definition) is 2. The van der Waals surface area contributed by atoms with Crippen LogP contribution in [0.2, 0.25) is 5.02 Å². The van der Waals surface area contributed by atoms with Crippen LogP contribution in [-0.4, -0.2) is 17.7 Å². The Morgan fingerprint density at radius 1 is 0.824 bits per heavy atom. The zero-order chi connectivity index (χ0) is 24.6. The molecule has 0 fully saturated rings. The van der Waals surface area contributed by atoms with Gasteiger partial charge in [-0.3, -0.25) is 14.4 Å². The Morgan fingerprint density at radius 2 is 1.56 bits per heavy atom. The minimum Gasteiger partial charge on any atom is -0.350 e. The number of benzene rings is 3. The lowest BCUT2D eigenvalue weighted by atomic mass is 10.1. The lowest BCUT2D eigenvalue weighted by Gasteiger charge is -2.18. The van der Waals surface area contributed by atoms with E-state index in [1.807, 2.05) is 32.0 Å². The Kier molecular flexibility index (Phi) is 6.46. The molecule has 34 heavy (non-hydrogen) atoms. The molecule has 0 spiro atoms. The fourth-order valence-electron chi connectivity index (χ4n) is 3.57. The molecule has 0 unspecified atom stereocenters. The fourth-order valence-corrected chi connectivity index (χ4v) is 3.96. The summed E-state index contributed by atoms with van der Waals surface area (Å²) in [5, 5.41) is 5.96. The maximum Gasteiger partial charge on any atom is 0.283 e. The third-order valence-corrected chi connectivity index (χ3v) is 6.43. The molecule has 3 aromatic carbocycles. The van der Waals surface area contributed by atoms with Crippen LogP contribution in [-0.2, 0) is 9.59 Å². The van der Waals surface area contributed by atoms with Crippen molar-refractivity contribution in [1.82, 2.24) is 0 Å². The first kappa shape index (κ1) is 23.5. The van der Waals surface area contributed by atoms with Crippen LogP contribution in [0.1, 0.15) is 27.0 Å². The summed E-state index contributed by atoms with van der Waals surface area (Å²) < 4.78 is 0. The highest BCUT2D eigenvalue weighted by atomic mass is 35.5. The van der Waals surface area contributed by atoms with Crippen LogP contribution >= 0.6 is 23.2 Å². The number of carbonyl (C=O) groups excluding carboxylic acids is 3. The van der Waals surface area contributed by atoms with Gasteiger partial charge in [-0.25, -0.2) is 4.90 Å². The maximum absolute atomic E-state index is 13.1. The maximum atomic E-state index is 13.1. The molecule has 3 amide bonds. The van der Waals surface area contributed by atoms with Crippen molar-refractivity contribution in [2.24, 2.45) is 0 Å². The first-order valence-electron chi connectivity index (χ1n) is 10.5. The minimum absolute atomic E-state index is 0.0715. The highest BCUT2D eigenvalue weighted by Crippen LogP contribution is 2.34. The van der Waals surface area contributed by atoms with Gasteiger partial charge in [-0.2, -0.15) is 0 Å². The average molecular weight is 494 g/mol. The summed E-state index contributed by atoms with van der Waals surface area (Å²) in [6.45, 7) is 5.69. The lowest BCUT2D eigenvalue weighted by Crippen LogP contribution is -2.32. The molecule has 2 N–H and O–H groups in total. The van der Waals surface area contributed by atoms with Crippen molar-refractivity contribution >= 4 is 58.0 Å². The van der Waals surface area contributed by atoms with E-state index in [2.05, 4.69) is 10.6 Å².